The van der Waals surface area contributed by atoms with E-state index in [0.717, 1.165) is 3.39 Å². The molecule has 0 aromatic carbocycles. The first kappa shape index (κ1) is 15.2. The smallest absolute Gasteiger partial charge is 0.164 e. The number of ether oxygens (including phenoxy) is 5. The van der Waals surface area contributed by atoms with Crippen LogP contribution >= 0.6 is 31.9 Å². The van der Waals surface area contributed by atoms with Gasteiger partial charge in [0.25, 0.3) is 0 Å². The van der Waals surface area contributed by atoms with Crippen molar-refractivity contribution in [1.82, 2.24) is 0 Å². The maximum atomic E-state index is 6.04. The molecule has 0 radical (unpaired) electrons. The van der Waals surface area contributed by atoms with Crippen LogP contribution in [0.4, 0.5) is 0 Å². The Balaban J connectivity index is 1.93. The van der Waals surface area contributed by atoms with Crippen LogP contribution < -0.4 is 0 Å². The molecular weight excluding hydrogens is 396 g/mol. The molecule has 0 spiro atoms. The summed E-state index contributed by atoms with van der Waals surface area (Å²) in [4.78, 5) is 0. The van der Waals surface area contributed by atoms with Gasteiger partial charge in [-0.05, 0) is 59.6 Å². The summed E-state index contributed by atoms with van der Waals surface area (Å²) in [5.74, 6) is -0.619. The van der Waals surface area contributed by atoms with E-state index in [4.69, 9.17) is 23.7 Å². The molecule has 3 aliphatic heterocycles. The fourth-order valence-corrected chi connectivity index (χ4v) is 3.45. The zero-order valence-electron chi connectivity index (χ0n) is 11.8. The average molecular weight is 414 g/mol. The Labute approximate surface area is 135 Å². The number of halogens is 2. The van der Waals surface area contributed by atoms with Crippen molar-refractivity contribution in [3.63, 3.8) is 0 Å². The summed E-state index contributed by atoms with van der Waals surface area (Å²) in [6.07, 6.45) is -0.934. The highest BCUT2D eigenvalue weighted by Crippen LogP contribution is 2.45. The molecule has 3 saturated heterocycles. The van der Waals surface area contributed by atoms with E-state index in [1.165, 1.54) is 0 Å². The van der Waals surface area contributed by atoms with Crippen molar-refractivity contribution in [2.24, 2.45) is 0 Å². The van der Waals surface area contributed by atoms with Gasteiger partial charge in [-0.2, -0.15) is 0 Å². The van der Waals surface area contributed by atoms with E-state index < -0.39 is 11.6 Å². The zero-order valence-corrected chi connectivity index (χ0v) is 15.0. The number of hydrogen-bond acceptors (Lipinski definition) is 5. The molecule has 114 valence electrons. The molecule has 0 bridgehead atoms. The van der Waals surface area contributed by atoms with Crippen molar-refractivity contribution in [1.29, 1.82) is 0 Å². The zero-order chi connectivity index (χ0) is 14.7. The van der Waals surface area contributed by atoms with Gasteiger partial charge in [-0.25, -0.2) is 0 Å². The molecule has 5 nitrogen and oxygen atoms in total. The van der Waals surface area contributed by atoms with Crippen molar-refractivity contribution in [3.8, 4) is 0 Å². The summed E-state index contributed by atoms with van der Waals surface area (Å²) >= 11 is 6.81. The lowest BCUT2D eigenvalue weighted by atomic mass is 9.97. The third-order valence-electron chi connectivity index (χ3n) is 3.56. The van der Waals surface area contributed by atoms with Gasteiger partial charge in [0.15, 0.2) is 17.7 Å². The Morgan fingerprint density at radius 1 is 1.00 bits per heavy atom. The topological polar surface area (TPSA) is 46.2 Å². The second kappa shape index (κ2) is 4.93. The molecule has 0 aromatic heterocycles. The number of rotatable bonds is 0. The molecule has 7 heteroatoms. The van der Waals surface area contributed by atoms with E-state index >= 15 is 0 Å². The molecule has 0 N–H and O–H groups in total. The van der Waals surface area contributed by atoms with Crippen LogP contribution in [-0.4, -0.2) is 42.6 Å². The van der Waals surface area contributed by atoms with Crippen molar-refractivity contribution in [2.75, 3.05) is 6.61 Å². The van der Waals surface area contributed by atoms with Crippen LogP contribution in [-0.2, 0) is 23.7 Å². The monoisotopic (exact) mass is 412 g/mol. The molecule has 0 aliphatic carbocycles. The Morgan fingerprint density at radius 2 is 1.65 bits per heavy atom. The summed E-state index contributed by atoms with van der Waals surface area (Å²) in [6, 6.07) is 0. The van der Waals surface area contributed by atoms with Gasteiger partial charge in [0, 0.05) is 0 Å². The molecule has 0 amide bonds. The fraction of sp³-hybridized carbons (Fsp3) is 0.846. The van der Waals surface area contributed by atoms with E-state index in [-0.39, 0.29) is 24.4 Å². The third kappa shape index (κ3) is 2.68. The lowest BCUT2D eigenvalue weighted by molar-refractivity contribution is -0.332. The van der Waals surface area contributed by atoms with Gasteiger partial charge >= 0.3 is 0 Å². The molecular formula is C13H18Br2O5. The van der Waals surface area contributed by atoms with Gasteiger partial charge in [0.2, 0.25) is 0 Å². The Morgan fingerprint density at radius 3 is 2.30 bits per heavy atom. The predicted octanol–water partition coefficient (Wildman–Crippen LogP) is 3.02. The average Bonchev–Trinajstić information content (AvgIpc) is 2.62. The lowest BCUT2D eigenvalue weighted by Gasteiger charge is -2.46. The molecule has 20 heavy (non-hydrogen) atoms. The fourth-order valence-electron chi connectivity index (χ4n) is 2.81. The van der Waals surface area contributed by atoms with Crippen LogP contribution in [0.5, 0.6) is 0 Å². The molecule has 3 heterocycles. The van der Waals surface area contributed by atoms with Gasteiger partial charge in [0.05, 0.1) is 6.61 Å². The van der Waals surface area contributed by atoms with E-state index in [9.17, 15) is 0 Å². The molecule has 4 atom stereocenters. The van der Waals surface area contributed by atoms with E-state index in [1.54, 1.807) is 0 Å². The largest absolute Gasteiger partial charge is 0.485 e. The summed E-state index contributed by atoms with van der Waals surface area (Å²) in [5, 5.41) is 0. The normalized spacial score (nSPS) is 41.6. The van der Waals surface area contributed by atoms with Gasteiger partial charge in [-0.15, -0.1) is 0 Å². The van der Waals surface area contributed by atoms with Crippen molar-refractivity contribution >= 4 is 31.9 Å². The maximum Gasteiger partial charge on any atom is 0.164 e. The summed E-state index contributed by atoms with van der Waals surface area (Å²) in [7, 11) is 0. The summed E-state index contributed by atoms with van der Waals surface area (Å²) in [6.45, 7) is 8.03. The first-order valence-corrected chi connectivity index (χ1v) is 8.16. The molecule has 0 saturated carbocycles. The first-order valence-electron chi connectivity index (χ1n) is 6.58. The lowest BCUT2D eigenvalue weighted by Crippen LogP contribution is -2.60. The van der Waals surface area contributed by atoms with Crippen molar-refractivity contribution in [2.45, 2.75) is 63.7 Å². The minimum atomic E-state index is -0.667. The molecule has 0 unspecified atom stereocenters. The SMILES string of the molecule is CC1(C)OC[C@H]2OC(=C(Br)Br)[C@H]3OC(C)(C)O[C@H]3[C@@H]2O1. The Kier molecular flexibility index (Phi) is 3.75. The quantitative estimate of drug-likeness (QED) is 0.610. The summed E-state index contributed by atoms with van der Waals surface area (Å²) in [5.41, 5.74) is 0. The van der Waals surface area contributed by atoms with Crippen LogP contribution in [0.25, 0.3) is 0 Å². The van der Waals surface area contributed by atoms with Crippen LogP contribution in [0.15, 0.2) is 9.15 Å². The van der Waals surface area contributed by atoms with E-state index in [2.05, 4.69) is 31.9 Å². The van der Waals surface area contributed by atoms with Gasteiger partial charge < -0.3 is 23.7 Å². The number of fused-ring (bicyclic) bond motifs is 3. The van der Waals surface area contributed by atoms with Gasteiger partial charge in [-0.3, -0.25) is 0 Å². The van der Waals surface area contributed by atoms with Crippen LogP contribution in [0.1, 0.15) is 27.7 Å². The molecule has 3 rings (SSSR count). The van der Waals surface area contributed by atoms with Crippen molar-refractivity contribution in [3.05, 3.63) is 9.15 Å². The highest BCUT2D eigenvalue weighted by atomic mass is 79.9. The predicted molar refractivity (Wildman–Crippen MR) is 78.5 cm³/mol. The standard InChI is InChI=1S/C13H18Br2O5/c1-12(2)16-5-6-7(18-12)8-9(10(17-6)11(14)15)20-13(3,4)19-8/h6-9H,5H2,1-4H3/t6-,7-,8+,9+/m1/s1. The Bertz CT molecular complexity index is 444. The van der Waals surface area contributed by atoms with Gasteiger partial charge in [-0.1, -0.05) is 0 Å². The van der Waals surface area contributed by atoms with Crippen LogP contribution in [0, 0.1) is 0 Å². The minimum Gasteiger partial charge on any atom is -0.485 e. The van der Waals surface area contributed by atoms with E-state index in [0.29, 0.717) is 12.4 Å². The first-order chi connectivity index (χ1) is 9.19. The summed E-state index contributed by atoms with van der Waals surface area (Å²) < 4.78 is 30.4. The molecule has 0 aromatic rings. The highest BCUT2D eigenvalue weighted by Gasteiger charge is 2.57. The second-order valence-electron chi connectivity index (χ2n) is 6.10. The number of hydrogen-bond donors (Lipinski definition) is 0. The van der Waals surface area contributed by atoms with E-state index in [1.807, 2.05) is 27.7 Å². The van der Waals surface area contributed by atoms with Gasteiger partial charge in [0.1, 0.15) is 27.5 Å². The Hall–Kier alpha value is 0.340. The minimum absolute atomic E-state index is 0.207. The second-order valence-corrected chi connectivity index (χ2v) is 8.75. The van der Waals surface area contributed by atoms with Crippen molar-refractivity contribution < 1.29 is 23.7 Å². The molecule has 3 aliphatic rings. The van der Waals surface area contributed by atoms with Crippen LogP contribution in [0.2, 0.25) is 0 Å². The third-order valence-corrected chi connectivity index (χ3v) is 4.34. The molecule has 3 fully saturated rings. The highest BCUT2D eigenvalue weighted by molar-refractivity contribution is 9.28. The maximum absolute atomic E-state index is 6.04. The van der Waals surface area contributed by atoms with Crippen LogP contribution in [0.3, 0.4) is 0 Å².